The van der Waals surface area contributed by atoms with Crippen LogP contribution in [0.15, 0.2) is 66.7 Å². The number of halogens is 1. The van der Waals surface area contributed by atoms with Crippen molar-refractivity contribution in [2.45, 2.75) is 12.5 Å². The SMILES string of the molecule is COCCOc1cc(CC(=O)OC(c2ccccc2)c2ccccc2)c(Cl)c(OC)c1OCCOC. The highest BCUT2D eigenvalue weighted by molar-refractivity contribution is 6.33. The smallest absolute Gasteiger partial charge is 0.311 e. The molecule has 0 saturated heterocycles. The molecule has 0 aliphatic rings. The molecular formula is C28H31ClO7. The molecule has 0 spiro atoms. The summed E-state index contributed by atoms with van der Waals surface area (Å²) in [6, 6.07) is 20.8. The number of methoxy groups -OCH3 is 3. The van der Waals surface area contributed by atoms with Gasteiger partial charge >= 0.3 is 5.97 Å². The van der Waals surface area contributed by atoms with Gasteiger partial charge in [-0.1, -0.05) is 72.3 Å². The first-order chi connectivity index (χ1) is 17.6. The molecule has 0 fully saturated rings. The van der Waals surface area contributed by atoms with Crippen LogP contribution in [-0.4, -0.2) is 53.7 Å². The van der Waals surface area contributed by atoms with Crippen molar-refractivity contribution < 1.29 is 33.2 Å². The van der Waals surface area contributed by atoms with Crippen LogP contribution in [0.1, 0.15) is 22.8 Å². The Morgan fingerprint density at radius 1 is 0.778 bits per heavy atom. The van der Waals surface area contributed by atoms with Crippen molar-refractivity contribution in [2.24, 2.45) is 0 Å². The molecule has 0 unspecified atom stereocenters. The average molecular weight is 515 g/mol. The highest BCUT2D eigenvalue weighted by Gasteiger charge is 2.24. The largest absolute Gasteiger partial charge is 0.491 e. The molecule has 0 aromatic heterocycles. The zero-order valence-electron chi connectivity index (χ0n) is 20.7. The van der Waals surface area contributed by atoms with Crippen LogP contribution in [0.25, 0.3) is 0 Å². The lowest BCUT2D eigenvalue weighted by molar-refractivity contribution is -0.146. The average Bonchev–Trinajstić information content (AvgIpc) is 2.91. The topological polar surface area (TPSA) is 72.5 Å². The number of hydrogen-bond donors (Lipinski definition) is 0. The Labute approximate surface area is 216 Å². The fraction of sp³-hybridized carbons (Fsp3) is 0.321. The summed E-state index contributed by atoms with van der Waals surface area (Å²) in [5.74, 6) is 0.537. The molecule has 0 radical (unpaired) electrons. The Balaban J connectivity index is 1.88. The lowest BCUT2D eigenvalue weighted by atomic mass is 10.0. The van der Waals surface area contributed by atoms with Gasteiger partial charge in [0.1, 0.15) is 13.2 Å². The molecule has 3 rings (SSSR count). The number of carbonyl (C=O) groups excluding carboxylic acids is 1. The van der Waals surface area contributed by atoms with Crippen molar-refractivity contribution in [3.63, 3.8) is 0 Å². The maximum atomic E-state index is 13.2. The molecule has 7 nitrogen and oxygen atoms in total. The third kappa shape index (κ3) is 7.37. The van der Waals surface area contributed by atoms with Gasteiger partial charge in [-0.2, -0.15) is 0 Å². The number of benzene rings is 3. The van der Waals surface area contributed by atoms with Crippen molar-refractivity contribution >= 4 is 17.6 Å². The molecule has 0 heterocycles. The molecular weight excluding hydrogens is 484 g/mol. The summed E-state index contributed by atoms with van der Waals surface area (Å²) in [5, 5.41) is 0.247. The van der Waals surface area contributed by atoms with Gasteiger partial charge in [0, 0.05) is 14.2 Å². The molecule has 0 aliphatic heterocycles. The quantitative estimate of drug-likeness (QED) is 0.214. The highest BCUT2D eigenvalue weighted by atomic mass is 35.5. The minimum atomic E-state index is -0.561. The van der Waals surface area contributed by atoms with Gasteiger partial charge in [-0.15, -0.1) is 0 Å². The van der Waals surface area contributed by atoms with E-state index in [1.165, 1.54) is 7.11 Å². The second-order valence-corrected chi connectivity index (χ2v) is 8.14. The van der Waals surface area contributed by atoms with Crippen molar-refractivity contribution in [1.82, 2.24) is 0 Å². The standard InChI is InChI=1S/C28H31ClO7/c1-31-14-16-34-23-18-22(25(29)28(33-3)27(23)35-17-15-32-2)19-24(30)36-26(20-10-6-4-7-11-20)21-12-8-5-9-13-21/h4-13,18,26H,14-17,19H2,1-3H3. The van der Waals surface area contributed by atoms with Crippen LogP contribution in [0.2, 0.25) is 5.02 Å². The predicted molar refractivity (Wildman–Crippen MR) is 137 cm³/mol. The van der Waals surface area contributed by atoms with E-state index in [9.17, 15) is 4.79 Å². The van der Waals surface area contributed by atoms with Crippen molar-refractivity contribution in [1.29, 1.82) is 0 Å². The molecule has 0 saturated carbocycles. The first kappa shape index (κ1) is 27.3. The van der Waals surface area contributed by atoms with Gasteiger partial charge in [0.15, 0.2) is 17.6 Å². The fourth-order valence-corrected chi connectivity index (χ4v) is 3.86. The second-order valence-electron chi connectivity index (χ2n) is 7.76. The molecule has 8 heteroatoms. The number of hydrogen-bond acceptors (Lipinski definition) is 7. The van der Waals surface area contributed by atoms with Crippen molar-refractivity contribution in [2.75, 3.05) is 47.8 Å². The van der Waals surface area contributed by atoms with E-state index in [1.807, 2.05) is 60.7 Å². The summed E-state index contributed by atoms with van der Waals surface area (Å²) in [7, 11) is 4.64. The molecule has 0 amide bonds. The lowest BCUT2D eigenvalue weighted by Crippen LogP contribution is -2.16. The van der Waals surface area contributed by atoms with Gasteiger partial charge in [0.05, 0.1) is 31.8 Å². The Bertz CT molecular complexity index is 1050. The first-order valence-corrected chi connectivity index (χ1v) is 11.9. The predicted octanol–water partition coefficient (Wildman–Crippen LogP) is 5.27. The maximum absolute atomic E-state index is 13.2. The molecule has 0 atom stereocenters. The number of ether oxygens (including phenoxy) is 6. The van der Waals surface area contributed by atoms with E-state index < -0.39 is 12.1 Å². The van der Waals surface area contributed by atoms with E-state index in [2.05, 4.69) is 0 Å². The fourth-order valence-electron chi connectivity index (χ4n) is 3.57. The van der Waals surface area contributed by atoms with E-state index in [0.717, 1.165) is 11.1 Å². The van der Waals surface area contributed by atoms with Gasteiger partial charge in [0.25, 0.3) is 0 Å². The van der Waals surface area contributed by atoms with E-state index in [1.54, 1.807) is 20.3 Å². The van der Waals surface area contributed by atoms with E-state index in [0.29, 0.717) is 30.3 Å². The van der Waals surface area contributed by atoms with Crippen LogP contribution >= 0.6 is 11.6 Å². The van der Waals surface area contributed by atoms with Crippen molar-refractivity contribution in [3.8, 4) is 17.2 Å². The summed E-state index contributed by atoms with van der Waals surface area (Å²) in [6.45, 7) is 1.28. The third-order valence-electron chi connectivity index (χ3n) is 5.29. The molecule has 3 aromatic carbocycles. The van der Waals surface area contributed by atoms with Gasteiger partial charge in [-0.05, 0) is 22.8 Å². The molecule has 0 N–H and O–H groups in total. The summed E-state index contributed by atoms with van der Waals surface area (Å²) in [6.07, 6.45) is -0.653. The molecule has 192 valence electrons. The van der Waals surface area contributed by atoms with E-state index in [4.69, 9.17) is 40.0 Å². The molecule has 3 aromatic rings. The van der Waals surface area contributed by atoms with Gasteiger partial charge in [0.2, 0.25) is 5.75 Å². The number of esters is 1. The van der Waals surface area contributed by atoms with Crippen LogP contribution in [0.3, 0.4) is 0 Å². The van der Waals surface area contributed by atoms with Crippen LogP contribution in [-0.2, 0) is 25.4 Å². The van der Waals surface area contributed by atoms with E-state index >= 15 is 0 Å². The Hall–Kier alpha value is -3.26. The zero-order valence-corrected chi connectivity index (χ0v) is 21.5. The Morgan fingerprint density at radius 2 is 1.33 bits per heavy atom. The molecule has 0 aliphatic carbocycles. The van der Waals surface area contributed by atoms with Crippen LogP contribution < -0.4 is 14.2 Å². The van der Waals surface area contributed by atoms with Crippen LogP contribution in [0.4, 0.5) is 0 Å². The van der Waals surface area contributed by atoms with E-state index in [-0.39, 0.29) is 30.4 Å². The second kappa shape index (κ2) is 14.3. The summed E-state index contributed by atoms with van der Waals surface area (Å²) in [4.78, 5) is 13.2. The van der Waals surface area contributed by atoms with Gasteiger partial charge in [-0.3, -0.25) is 4.79 Å². The van der Waals surface area contributed by atoms with Gasteiger partial charge < -0.3 is 28.4 Å². The lowest BCUT2D eigenvalue weighted by Gasteiger charge is -2.21. The first-order valence-electron chi connectivity index (χ1n) is 11.5. The monoisotopic (exact) mass is 514 g/mol. The molecule has 36 heavy (non-hydrogen) atoms. The summed E-state index contributed by atoms with van der Waals surface area (Å²) >= 11 is 6.65. The Morgan fingerprint density at radius 3 is 1.86 bits per heavy atom. The van der Waals surface area contributed by atoms with Crippen LogP contribution in [0.5, 0.6) is 17.2 Å². The Kier molecular flexibility index (Phi) is 10.9. The normalized spacial score (nSPS) is 10.8. The summed E-state index contributed by atoms with van der Waals surface area (Å²) in [5.41, 5.74) is 2.22. The van der Waals surface area contributed by atoms with Gasteiger partial charge in [-0.25, -0.2) is 0 Å². The summed E-state index contributed by atoms with van der Waals surface area (Å²) < 4.78 is 33.4. The zero-order chi connectivity index (χ0) is 25.8. The minimum Gasteiger partial charge on any atom is -0.491 e. The number of rotatable bonds is 14. The van der Waals surface area contributed by atoms with Crippen LogP contribution in [0, 0.1) is 0 Å². The minimum absolute atomic E-state index is 0.0929. The molecule has 0 bridgehead atoms. The van der Waals surface area contributed by atoms with Crippen molar-refractivity contribution in [3.05, 3.63) is 88.4 Å². The highest BCUT2D eigenvalue weighted by Crippen LogP contribution is 2.45. The third-order valence-corrected chi connectivity index (χ3v) is 5.70. The number of carbonyl (C=O) groups is 1. The maximum Gasteiger partial charge on any atom is 0.311 e.